The van der Waals surface area contributed by atoms with Gasteiger partial charge in [0, 0.05) is 51.2 Å². The summed E-state index contributed by atoms with van der Waals surface area (Å²) >= 11 is 0. The third-order valence-corrected chi connectivity index (χ3v) is 6.84. The quantitative estimate of drug-likeness (QED) is 0.689. The van der Waals surface area contributed by atoms with Gasteiger partial charge in [-0.05, 0) is 62.7 Å². The Bertz CT molecular complexity index is 895. The molecule has 2 saturated heterocycles. The molecule has 0 unspecified atom stereocenters. The summed E-state index contributed by atoms with van der Waals surface area (Å²) in [7, 11) is 3.88. The molecule has 0 saturated carbocycles. The van der Waals surface area contributed by atoms with Gasteiger partial charge in [-0.2, -0.15) is 0 Å². The first-order chi connectivity index (χ1) is 15.5. The number of benzene rings is 1. The highest BCUT2D eigenvalue weighted by Gasteiger charge is 2.34. The zero-order valence-corrected chi connectivity index (χ0v) is 19.2. The van der Waals surface area contributed by atoms with Gasteiger partial charge in [-0.1, -0.05) is 18.2 Å². The Morgan fingerprint density at radius 2 is 1.78 bits per heavy atom. The fraction of sp³-hybridized carbons (Fsp3) is 0.560. The van der Waals surface area contributed by atoms with Gasteiger partial charge in [0.25, 0.3) is 0 Å². The molecule has 2 fully saturated rings. The predicted octanol–water partition coefficient (Wildman–Crippen LogP) is 3.52. The average molecular weight is 440 g/mol. The Kier molecular flexibility index (Phi) is 7.35. The van der Waals surface area contributed by atoms with E-state index in [2.05, 4.69) is 19.8 Å². The molecule has 32 heavy (non-hydrogen) atoms. The maximum absolute atomic E-state index is 14.1. The van der Waals surface area contributed by atoms with Crippen LogP contribution in [0.1, 0.15) is 43.2 Å². The number of nitrogens with zero attached hydrogens (tertiary/aromatic N) is 5. The van der Waals surface area contributed by atoms with Crippen LogP contribution in [-0.2, 0) is 17.8 Å². The van der Waals surface area contributed by atoms with E-state index in [9.17, 15) is 9.18 Å². The fourth-order valence-electron chi connectivity index (χ4n) is 5.08. The van der Waals surface area contributed by atoms with E-state index in [1.54, 1.807) is 18.2 Å². The monoisotopic (exact) mass is 439 g/mol. The molecule has 0 bridgehead atoms. The lowest BCUT2D eigenvalue weighted by molar-refractivity contribution is -0.136. The van der Waals surface area contributed by atoms with Crippen molar-refractivity contribution in [3.05, 3.63) is 53.6 Å². The van der Waals surface area contributed by atoms with Crippen LogP contribution in [0.5, 0.6) is 0 Å². The van der Waals surface area contributed by atoms with Crippen LogP contribution in [0.3, 0.4) is 0 Å². The van der Waals surface area contributed by atoms with E-state index in [0.717, 1.165) is 63.4 Å². The molecule has 2 aliphatic rings. The molecule has 1 amide bonds. The fourth-order valence-corrected chi connectivity index (χ4v) is 5.08. The first-order valence-corrected chi connectivity index (χ1v) is 11.7. The van der Waals surface area contributed by atoms with Gasteiger partial charge >= 0.3 is 0 Å². The number of aromatic nitrogens is 2. The summed E-state index contributed by atoms with van der Waals surface area (Å²) in [6.07, 6.45) is 9.44. The molecule has 7 heteroatoms. The minimum atomic E-state index is -0.287. The third-order valence-electron chi connectivity index (χ3n) is 6.84. The van der Waals surface area contributed by atoms with E-state index in [4.69, 9.17) is 0 Å². The number of amides is 1. The molecule has 2 aromatic rings. The molecule has 0 aliphatic carbocycles. The Morgan fingerprint density at radius 1 is 1.06 bits per heavy atom. The van der Waals surface area contributed by atoms with Crippen molar-refractivity contribution < 1.29 is 9.18 Å². The number of piperidine rings is 2. The van der Waals surface area contributed by atoms with Crippen LogP contribution in [0.2, 0.25) is 0 Å². The highest BCUT2D eigenvalue weighted by molar-refractivity contribution is 5.79. The second-order valence-electron chi connectivity index (χ2n) is 9.32. The van der Waals surface area contributed by atoms with E-state index < -0.39 is 0 Å². The number of halogens is 1. The first kappa shape index (κ1) is 22.6. The molecular formula is C25H34FN5O. The second kappa shape index (κ2) is 10.4. The van der Waals surface area contributed by atoms with Gasteiger partial charge in [0.2, 0.25) is 11.9 Å². The SMILES string of the molecule is CN(C)c1ncc(CN2CCC([C@H]3CCCCN3C(=O)Cc3ccccc3F)CC2)cn1. The Labute approximate surface area is 190 Å². The zero-order chi connectivity index (χ0) is 22.5. The lowest BCUT2D eigenvalue weighted by atomic mass is 9.83. The van der Waals surface area contributed by atoms with E-state index in [0.29, 0.717) is 11.5 Å². The summed E-state index contributed by atoms with van der Waals surface area (Å²) in [6, 6.07) is 6.91. The lowest BCUT2D eigenvalue weighted by Gasteiger charge is -2.44. The van der Waals surface area contributed by atoms with Crippen LogP contribution in [0.15, 0.2) is 36.7 Å². The van der Waals surface area contributed by atoms with Gasteiger partial charge in [0.05, 0.1) is 6.42 Å². The molecule has 1 atom stereocenters. The van der Waals surface area contributed by atoms with Gasteiger partial charge < -0.3 is 9.80 Å². The van der Waals surface area contributed by atoms with Crippen molar-refractivity contribution >= 4 is 11.9 Å². The summed E-state index contributed by atoms with van der Waals surface area (Å²) in [5, 5.41) is 0. The zero-order valence-electron chi connectivity index (χ0n) is 19.2. The minimum absolute atomic E-state index is 0.0698. The molecule has 1 aromatic carbocycles. The number of carbonyl (C=O) groups excluding carboxylic acids is 1. The van der Waals surface area contributed by atoms with Crippen molar-refractivity contribution in [1.82, 2.24) is 19.8 Å². The molecule has 4 rings (SSSR count). The van der Waals surface area contributed by atoms with E-state index in [-0.39, 0.29) is 24.2 Å². The van der Waals surface area contributed by atoms with Crippen molar-refractivity contribution in [1.29, 1.82) is 0 Å². The van der Waals surface area contributed by atoms with Crippen molar-refractivity contribution in [3.63, 3.8) is 0 Å². The van der Waals surface area contributed by atoms with Crippen molar-refractivity contribution in [2.24, 2.45) is 5.92 Å². The normalized spacial score (nSPS) is 20.3. The summed E-state index contributed by atoms with van der Waals surface area (Å²) < 4.78 is 14.1. The maximum atomic E-state index is 14.1. The highest BCUT2D eigenvalue weighted by Crippen LogP contribution is 2.31. The second-order valence-corrected chi connectivity index (χ2v) is 9.32. The summed E-state index contributed by atoms with van der Waals surface area (Å²) in [5.41, 5.74) is 1.63. The average Bonchev–Trinajstić information content (AvgIpc) is 2.81. The van der Waals surface area contributed by atoms with Gasteiger partial charge in [-0.15, -0.1) is 0 Å². The molecule has 172 valence electrons. The number of likely N-dealkylation sites (tertiary alicyclic amines) is 2. The van der Waals surface area contributed by atoms with Gasteiger partial charge in [0.1, 0.15) is 5.82 Å². The number of carbonyl (C=O) groups is 1. The predicted molar refractivity (Wildman–Crippen MR) is 124 cm³/mol. The van der Waals surface area contributed by atoms with Crippen molar-refractivity contribution in [2.45, 2.75) is 51.1 Å². The Hall–Kier alpha value is -2.54. The lowest BCUT2D eigenvalue weighted by Crippen LogP contribution is -2.50. The van der Waals surface area contributed by atoms with Crippen LogP contribution in [0.25, 0.3) is 0 Å². The van der Waals surface area contributed by atoms with Crippen LogP contribution in [0, 0.1) is 11.7 Å². The van der Waals surface area contributed by atoms with Crippen LogP contribution < -0.4 is 4.90 Å². The van der Waals surface area contributed by atoms with Gasteiger partial charge in [-0.25, -0.2) is 14.4 Å². The van der Waals surface area contributed by atoms with E-state index in [1.807, 2.05) is 31.4 Å². The third kappa shape index (κ3) is 5.44. The van der Waals surface area contributed by atoms with E-state index in [1.165, 1.54) is 12.5 Å². The number of rotatable bonds is 6. The summed E-state index contributed by atoms with van der Waals surface area (Å²) in [4.78, 5) is 28.3. The summed E-state index contributed by atoms with van der Waals surface area (Å²) in [5.74, 6) is 1.03. The summed E-state index contributed by atoms with van der Waals surface area (Å²) in [6.45, 7) is 3.70. The van der Waals surface area contributed by atoms with Crippen molar-refractivity contribution in [2.75, 3.05) is 38.6 Å². The number of hydrogen-bond acceptors (Lipinski definition) is 5. The molecule has 0 radical (unpaired) electrons. The highest BCUT2D eigenvalue weighted by atomic mass is 19.1. The number of anilines is 1. The van der Waals surface area contributed by atoms with Crippen LogP contribution >= 0.6 is 0 Å². The molecule has 6 nitrogen and oxygen atoms in total. The minimum Gasteiger partial charge on any atom is -0.347 e. The topological polar surface area (TPSA) is 52.6 Å². The molecular weight excluding hydrogens is 405 g/mol. The molecule has 0 N–H and O–H groups in total. The largest absolute Gasteiger partial charge is 0.347 e. The van der Waals surface area contributed by atoms with Crippen LogP contribution in [-0.4, -0.2) is 65.4 Å². The molecule has 3 heterocycles. The number of hydrogen-bond donors (Lipinski definition) is 0. The van der Waals surface area contributed by atoms with Gasteiger partial charge in [-0.3, -0.25) is 9.69 Å². The van der Waals surface area contributed by atoms with Crippen molar-refractivity contribution in [3.8, 4) is 0 Å². The standard InChI is InChI=1S/C25H34FN5O/c1-29(2)25-27-16-19(17-28-25)18-30-13-10-20(11-14-30)23-9-5-6-12-31(23)24(32)15-21-7-3-4-8-22(21)26/h3-4,7-8,16-17,20,23H,5-6,9-15,18H2,1-2H3/t23-/m1/s1. The molecule has 0 spiro atoms. The molecule has 1 aromatic heterocycles. The van der Waals surface area contributed by atoms with Crippen LogP contribution in [0.4, 0.5) is 10.3 Å². The Balaban J connectivity index is 1.33. The first-order valence-electron chi connectivity index (χ1n) is 11.7. The Morgan fingerprint density at radius 3 is 2.47 bits per heavy atom. The maximum Gasteiger partial charge on any atom is 0.227 e. The van der Waals surface area contributed by atoms with Gasteiger partial charge in [0.15, 0.2) is 0 Å². The molecule has 2 aliphatic heterocycles. The smallest absolute Gasteiger partial charge is 0.227 e. The van der Waals surface area contributed by atoms with E-state index >= 15 is 0 Å².